The van der Waals surface area contributed by atoms with Crippen LogP contribution in [0.4, 0.5) is 0 Å². The summed E-state index contributed by atoms with van der Waals surface area (Å²) in [4.78, 5) is 2.45. The molecule has 0 aromatic carbocycles. The van der Waals surface area contributed by atoms with Gasteiger partial charge >= 0.3 is 0 Å². The predicted molar refractivity (Wildman–Crippen MR) is 81.7 cm³/mol. The van der Waals surface area contributed by atoms with Crippen LogP contribution in [0.3, 0.4) is 0 Å². The Kier molecular flexibility index (Phi) is 5.46. The molecule has 0 bridgehead atoms. The van der Waals surface area contributed by atoms with Crippen LogP contribution in [0, 0.1) is 11.3 Å². The van der Waals surface area contributed by atoms with E-state index in [9.17, 15) is 10.2 Å². The molecule has 2 fully saturated rings. The Balaban J connectivity index is 1.93. The Bertz CT molecular complexity index is 295. The highest BCUT2D eigenvalue weighted by Crippen LogP contribution is 2.39. The van der Waals surface area contributed by atoms with Gasteiger partial charge in [0.05, 0.1) is 13.2 Å². The van der Waals surface area contributed by atoms with Crippen molar-refractivity contribution in [3.8, 4) is 0 Å². The van der Waals surface area contributed by atoms with E-state index in [-0.39, 0.29) is 25.3 Å². The van der Waals surface area contributed by atoms with Gasteiger partial charge in [0.15, 0.2) is 0 Å². The van der Waals surface area contributed by atoms with Crippen LogP contribution in [0.2, 0.25) is 0 Å². The largest absolute Gasteiger partial charge is 0.395 e. The maximum Gasteiger partial charge on any atom is 0.0599 e. The van der Waals surface area contributed by atoms with Gasteiger partial charge in [0.25, 0.3) is 0 Å². The topological polar surface area (TPSA) is 55.7 Å². The van der Waals surface area contributed by atoms with Gasteiger partial charge in [-0.2, -0.15) is 0 Å². The lowest BCUT2D eigenvalue weighted by atomic mass is 9.71. The second-order valence-corrected chi connectivity index (χ2v) is 7.69. The monoisotopic (exact) mass is 284 g/mol. The molecule has 4 heteroatoms. The van der Waals surface area contributed by atoms with Crippen LogP contribution in [0.5, 0.6) is 0 Å². The van der Waals surface area contributed by atoms with E-state index in [0.29, 0.717) is 11.5 Å². The second-order valence-electron chi connectivity index (χ2n) is 7.69. The second kappa shape index (κ2) is 6.73. The molecule has 1 saturated heterocycles. The third kappa shape index (κ3) is 3.73. The quantitative estimate of drug-likeness (QED) is 0.729. The van der Waals surface area contributed by atoms with Gasteiger partial charge in [0, 0.05) is 31.2 Å². The summed E-state index contributed by atoms with van der Waals surface area (Å²) in [5, 5.41) is 22.3. The molecule has 0 radical (unpaired) electrons. The summed E-state index contributed by atoms with van der Waals surface area (Å²) in [7, 11) is 0. The lowest BCUT2D eigenvalue weighted by Crippen LogP contribution is -2.62. The minimum atomic E-state index is 0.165. The Morgan fingerprint density at radius 3 is 2.20 bits per heavy atom. The normalized spacial score (nSPS) is 37.0. The molecule has 4 nitrogen and oxygen atoms in total. The highest BCUT2D eigenvalue weighted by molar-refractivity contribution is 4.92. The van der Waals surface area contributed by atoms with Gasteiger partial charge in [-0.05, 0) is 37.0 Å². The first kappa shape index (κ1) is 16.2. The van der Waals surface area contributed by atoms with Crippen molar-refractivity contribution in [1.29, 1.82) is 0 Å². The van der Waals surface area contributed by atoms with Gasteiger partial charge in [-0.25, -0.2) is 0 Å². The van der Waals surface area contributed by atoms with Crippen LogP contribution in [0.25, 0.3) is 0 Å². The van der Waals surface area contributed by atoms with Gasteiger partial charge in [0.2, 0.25) is 0 Å². The highest BCUT2D eigenvalue weighted by Gasteiger charge is 2.36. The summed E-state index contributed by atoms with van der Waals surface area (Å²) < 4.78 is 0. The van der Waals surface area contributed by atoms with Crippen LogP contribution in [0.15, 0.2) is 0 Å². The van der Waals surface area contributed by atoms with Crippen molar-refractivity contribution in [3.63, 3.8) is 0 Å². The number of rotatable bonds is 3. The highest BCUT2D eigenvalue weighted by atomic mass is 16.3. The standard InChI is InChI=1S/C16H32N2O2/c1-16(2,3)12-4-6-14(7-5-12)18-9-13(10-19)17-8-15(18)11-20/h12-15,17,19-20H,4-11H2,1-3H3. The fraction of sp³-hybridized carbons (Fsp3) is 1.00. The number of piperazine rings is 1. The maximum atomic E-state index is 9.59. The molecule has 2 atom stereocenters. The van der Waals surface area contributed by atoms with E-state index < -0.39 is 0 Å². The molecule has 1 saturated carbocycles. The van der Waals surface area contributed by atoms with E-state index >= 15 is 0 Å². The van der Waals surface area contributed by atoms with E-state index in [4.69, 9.17) is 0 Å². The molecule has 0 spiro atoms. The van der Waals surface area contributed by atoms with Gasteiger partial charge < -0.3 is 15.5 Å². The first-order chi connectivity index (χ1) is 9.45. The lowest BCUT2D eigenvalue weighted by Gasteiger charge is -2.47. The zero-order chi connectivity index (χ0) is 14.8. The van der Waals surface area contributed by atoms with Crippen molar-refractivity contribution in [2.75, 3.05) is 26.3 Å². The molecule has 1 aliphatic carbocycles. The zero-order valence-corrected chi connectivity index (χ0v) is 13.3. The van der Waals surface area contributed by atoms with Gasteiger partial charge in [-0.3, -0.25) is 4.90 Å². The molecule has 0 aromatic rings. The van der Waals surface area contributed by atoms with E-state index in [1.807, 2.05) is 0 Å². The fourth-order valence-electron chi connectivity index (χ4n) is 3.90. The SMILES string of the molecule is CC(C)(C)C1CCC(N2CC(CO)NCC2CO)CC1. The van der Waals surface area contributed by atoms with Crippen molar-refractivity contribution in [2.45, 2.75) is 64.6 Å². The molecule has 0 amide bonds. The number of nitrogens with one attached hydrogen (secondary N) is 1. The number of nitrogens with zero attached hydrogens (tertiary/aromatic N) is 1. The number of aliphatic hydroxyl groups excluding tert-OH is 2. The molecule has 2 aliphatic rings. The average Bonchev–Trinajstić information content (AvgIpc) is 2.45. The zero-order valence-electron chi connectivity index (χ0n) is 13.3. The summed E-state index contributed by atoms with van der Waals surface area (Å²) >= 11 is 0. The third-order valence-electron chi connectivity index (χ3n) is 5.36. The molecule has 118 valence electrons. The van der Waals surface area contributed by atoms with Gasteiger partial charge in [0.1, 0.15) is 0 Å². The molecule has 1 heterocycles. The third-order valence-corrected chi connectivity index (χ3v) is 5.36. The van der Waals surface area contributed by atoms with Crippen molar-refractivity contribution >= 4 is 0 Å². The molecular weight excluding hydrogens is 252 g/mol. The smallest absolute Gasteiger partial charge is 0.0599 e. The van der Waals surface area contributed by atoms with Crippen LogP contribution < -0.4 is 5.32 Å². The summed E-state index contributed by atoms with van der Waals surface area (Å²) in [5.74, 6) is 0.822. The van der Waals surface area contributed by atoms with Crippen LogP contribution in [-0.4, -0.2) is 59.5 Å². The van der Waals surface area contributed by atoms with Crippen molar-refractivity contribution < 1.29 is 10.2 Å². The molecular formula is C16H32N2O2. The van der Waals surface area contributed by atoms with E-state index in [1.165, 1.54) is 25.7 Å². The van der Waals surface area contributed by atoms with E-state index in [1.54, 1.807) is 0 Å². The predicted octanol–water partition coefficient (Wildman–Crippen LogP) is 1.22. The summed E-state index contributed by atoms with van der Waals surface area (Å²) in [6.07, 6.45) is 5.05. The lowest BCUT2D eigenvalue weighted by molar-refractivity contribution is 0.00699. The fourth-order valence-corrected chi connectivity index (χ4v) is 3.90. The molecule has 0 aromatic heterocycles. The van der Waals surface area contributed by atoms with Crippen molar-refractivity contribution in [2.24, 2.45) is 11.3 Å². The first-order valence-corrected chi connectivity index (χ1v) is 8.16. The van der Waals surface area contributed by atoms with E-state index in [0.717, 1.165) is 19.0 Å². The number of hydrogen-bond acceptors (Lipinski definition) is 4. The Morgan fingerprint density at radius 1 is 1.05 bits per heavy atom. The minimum Gasteiger partial charge on any atom is -0.395 e. The van der Waals surface area contributed by atoms with Crippen LogP contribution in [-0.2, 0) is 0 Å². The molecule has 1 aliphatic heterocycles. The maximum absolute atomic E-state index is 9.59. The average molecular weight is 284 g/mol. The van der Waals surface area contributed by atoms with Gasteiger partial charge in [-0.1, -0.05) is 20.8 Å². The Morgan fingerprint density at radius 2 is 1.70 bits per heavy atom. The van der Waals surface area contributed by atoms with Gasteiger partial charge in [-0.15, -0.1) is 0 Å². The molecule has 2 unspecified atom stereocenters. The Labute approximate surface area is 123 Å². The van der Waals surface area contributed by atoms with Crippen molar-refractivity contribution in [3.05, 3.63) is 0 Å². The summed E-state index contributed by atoms with van der Waals surface area (Å²) in [5.41, 5.74) is 0.415. The van der Waals surface area contributed by atoms with Crippen LogP contribution >= 0.6 is 0 Å². The number of aliphatic hydroxyl groups is 2. The van der Waals surface area contributed by atoms with Crippen LogP contribution in [0.1, 0.15) is 46.5 Å². The number of hydrogen-bond donors (Lipinski definition) is 3. The van der Waals surface area contributed by atoms with E-state index in [2.05, 4.69) is 31.0 Å². The Hall–Kier alpha value is -0.160. The molecule has 20 heavy (non-hydrogen) atoms. The molecule has 2 rings (SSSR count). The summed E-state index contributed by atoms with van der Waals surface area (Å²) in [6.45, 7) is 9.10. The summed E-state index contributed by atoms with van der Waals surface area (Å²) in [6, 6.07) is 0.967. The van der Waals surface area contributed by atoms with Crippen molar-refractivity contribution in [1.82, 2.24) is 10.2 Å². The first-order valence-electron chi connectivity index (χ1n) is 8.16. The minimum absolute atomic E-state index is 0.165. The molecule has 3 N–H and O–H groups in total.